The lowest BCUT2D eigenvalue weighted by Crippen LogP contribution is -2.49. The van der Waals surface area contributed by atoms with Crippen LogP contribution >= 0.6 is 11.6 Å². The summed E-state index contributed by atoms with van der Waals surface area (Å²) < 4.78 is 6.59. The molecule has 2 aliphatic heterocycles. The number of benzene rings is 2. The minimum atomic E-state index is -2.15. The lowest BCUT2D eigenvalue weighted by Gasteiger charge is -2.45. The Hall–Kier alpha value is -3.00. The maximum absolute atomic E-state index is 12.7. The Morgan fingerprint density at radius 2 is 2.00 bits per heavy atom. The largest absolute Gasteiger partial charge is 0.490 e. The summed E-state index contributed by atoms with van der Waals surface area (Å²) in [6, 6.07) is 11.5. The first-order chi connectivity index (χ1) is 20.6. The summed E-state index contributed by atoms with van der Waals surface area (Å²) in [5.74, 6) is -0.186. The monoisotopic (exact) mass is 606 g/mol. The first-order valence-corrected chi connectivity index (χ1v) is 16.0. The zero-order valence-electron chi connectivity index (χ0n) is 25.0. The molecule has 8 heteroatoms. The Morgan fingerprint density at radius 3 is 2.77 bits per heavy atom. The second-order valence-electron chi connectivity index (χ2n) is 13.2. The number of anilines is 1. The van der Waals surface area contributed by atoms with Crippen LogP contribution in [0.2, 0.25) is 5.02 Å². The standard InChI is InChI=1S/C35H43ClN2O5/c1-23-19-35(42,33(40)41)26-10-14-32-30(18-26)38(20-25-9-12-28(25)31(39)8-4-3-5-16-37(23)2)21-34(22-43-32)15-6-7-24-17-27(36)11-13-29(24)34/h4,8,10-11,13-14,17-18,25,28,31,39,42H,1,3,5-7,9,12,15-16,19-22H2,2H3,(H,40,41)/b8-4-/t25-,28+,31-,34-,35-/m0/s1. The SMILES string of the molecule is C=C1C[C@@](O)(C(=O)O)c2ccc3c(c2)N(C[C@@H]2CC[C@H]2[C@@H](O)/C=C\CCCN1C)C[C@@]1(CCCc2cc(Cl)ccc21)CO3. The number of carboxylic acids is 1. The van der Waals surface area contributed by atoms with Crippen molar-refractivity contribution < 1.29 is 24.9 Å². The van der Waals surface area contributed by atoms with E-state index in [1.54, 1.807) is 6.07 Å². The molecular weight excluding hydrogens is 564 g/mol. The van der Waals surface area contributed by atoms with Crippen LogP contribution < -0.4 is 9.64 Å². The van der Waals surface area contributed by atoms with E-state index in [2.05, 4.69) is 29.7 Å². The first-order valence-electron chi connectivity index (χ1n) is 15.6. The van der Waals surface area contributed by atoms with Crippen LogP contribution in [0.25, 0.3) is 0 Å². The lowest BCUT2D eigenvalue weighted by atomic mass is 9.68. The van der Waals surface area contributed by atoms with Gasteiger partial charge in [-0.1, -0.05) is 42.5 Å². The third-order valence-electron chi connectivity index (χ3n) is 10.4. The zero-order chi connectivity index (χ0) is 30.4. The molecule has 5 atom stereocenters. The fourth-order valence-electron chi connectivity index (χ4n) is 7.64. The number of aliphatic hydroxyl groups is 2. The molecule has 7 nitrogen and oxygen atoms in total. The summed E-state index contributed by atoms with van der Waals surface area (Å²) in [6.07, 6.45) is 9.96. The summed E-state index contributed by atoms with van der Waals surface area (Å²) in [6.45, 7) is 6.69. The number of halogens is 1. The van der Waals surface area contributed by atoms with Gasteiger partial charge in [0.15, 0.2) is 5.60 Å². The van der Waals surface area contributed by atoms with Crippen molar-refractivity contribution in [2.45, 2.75) is 68.5 Å². The van der Waals surface area contributed by atoms with Crippen molar-refractivity contribution in [3.63, 3.8) is 0 Å². The Balaban J connectivity index is 1.45. The lowest BCUT2D eigenvalue weighted by molar-refractivity contribution is -0.160. The number of aliphatic carboxylic acids is 1. The van der Waals surface area contributed by atoms with E-state index in [0.29, 0.717) is 43.3 Å². The Kier molecular flexibility index (Phi) is 8.26. The molecule has 2 aromatic rings. The minimum absolute atomic E-state index is 0.129. The van der Waals surface area contributed by atoms with Gasteiger partial charge in [-0.05, 0) is 97.7 Å². The first kappa shape index (κ1) is 30.0. The normalized spacial score (nSPS) is 32.0. The molecule has 0 unspecified atom stereocenters. The van der Waals surface area contributed by atoms with Gasteiger partial charge >= 0.3 is 5.97 Å². The van der Waals surface area contributed by atoms with Crippen molar-refractivity contribution in [2.24, 2.45) is 11.8 Å². The number of hydrogen-bond acceptors (Lipinski definition) is 6. The molecule has 0 saturated heterocycles. The highest BCUT2D eigenvalue weighted by atomic mass is 35.5. The van der Waals surface area contributed by atoms with Crippen LogP contribution in [-0.2, 0) is 22.2 Å². The predicted octanol–water partition coefficient (Wildman–Crippen LogP) is 5.66. The van der Waals surface area contributed by atoms with Crippen LogP contribution in [-0.4, -0.2) is 65.6 Å². The highest BCUT2D eigenvalue weighted by molar-refractivity contribution is 6.30. The molecule has 3 N–H and O–H groups in total. The van der Waals surface area contributed by atoms with Crippen molar-refractivity contribution in [3.8, 4) is 5.75 Å². The maximum atomic E-state index is 12.7. The number of nitrogens with zero attached hydrogens (tertiary/aromatic N) is 2. The summed E-state index contributed by atoms with van der Waals surface area (Å²) in [7, 11) is 1.87. The third-order valence-corrected chi connectivity index (χ3v) is 10.7. The van der Waals surface area contributed by atoms with Gasteiger partial charge in [-0.15, -0.1) is 0 Å². The molecule has 1 saturated carbocycles. The molecular formula is C35H43ClN2O5. The van der Waals surface area contributed by atoms with Crippen molar-refractivity contribution in [3.05, 3.63) is 82.5 Å². The number of rotatable bonds is 1. The van der Waals surface area contributed by atoms with E-state index in [-0.39, 0.29) is 23.7 Å². The van der Waals surface area contributed by atoms with Gasteiger partial charge in [0.05, 0.1) is 18.4 Å². The van der Waals surface area contributed by atoms with E-state index in [9.17, 15) is 20.1 Å². The van der Waals surface area contributed by atoms with Crippen molar-refractivity contribution >= 4 is 23.3 Å². The minimum Gasteiger partial charge on any atom is -0.490 e. The molecule has 0 radical (unpaired) electrons. The molecule has 230 valence electrons. The average Bonchev–Trinajstić information content (AvgIpc) is 3.11. The van der Waals surface area contributed by atoms with Gasteiger partial charge in [0.2, 0.25) is 0 Å². The molecule has 1 spiro atoms. The van der Waals surface area contributed by atoms with Gasteiger partial charge in [0.25, 0.3) is 0 Å². The van der Waals surface area contributed by atoms with E-state index in [1.165, 1.54) is 11.1 Å². The summed E-state index contributed by atoms with van der Waals surface area (Å²) in [5.41, 5.74) is 1.74. The van der Waals surface area contributed by atoms with E-state index in [4.69, 9.17) is 16.3 Å². The van der Waals surface area contributed by atoms with E-state index in [1.807, 2.05) is 36.2 Å². The van der Waals surface area contributed by atoms with Crippen molar-refractivity contribution in [1.29, 1.82) is 0 Å². The average molecular weight is 607 g/mol. The summed E-state index contributed by atoms with van der Waals surface area (Å²) in [5, 5.41) is 33.9. The predicted molar refractivity (Wildman–Crippen MR) is 169 cm³/mol. The highest BCUT2D eigenvalue weighted by Gasteiger charge is 2.45. The molecule has 2 bridgehead atoms. The van der Waals surface area contributed by atoms with Crippen LogP contribution in [0.15, 0.2) is 60.8 Å². The molecule has 0 aromatic heterocycles. The molecule has 0 amide bonds. The van der Waals surface area contributed by atoms with Crippen LogP contribution in [0, 0.1) is 11.8 Å². The second kappa shape index (κ2) is 11.8. The van der Waals surface area contributed by atoms with E-state index >= 15 is 0 Å². The molecule has 2 aromatic carbocycles. The van der Waals surface area contributed by atoms with Gasteiger partial charge in [0.1, 0.15) is 5.75 Å². The number of aliphatic hydroxyl groups excluding tert-OH is 1. The van der Waals surface area contributed by atoms with Crippen LogP contribution in [0.3, 0.4) is 0 Å². The molecule has 4 aliphatic rings. The number of hydrogen-bond donors (Lipinski definition) is 3. The number of ether oxygens (including phenoxy) is 1. The fraction of sp³-hybridized carbons (Fsp3) is 0.514. The molecule has 6 rings (SSSR count). The highest BCUT2D eigenvalue weighted by Crippen LogP contribution is 2.47. The van der Waals surface area contributed by atoms with Gasteiger partial charge in [0, 0.05) is 49.2 Å². The number of allylic oxidation sites excluding steroid dienone is 1. The van der Waals surface area contributed by atoms with E-state index < -0.39 is 17.7 Å². The van der Waals surface area contributed by atoms with Gasteiger partial charge in [-0.2, -0.15) is 0 Å². The number of aryl methyl sites for hydroxylation is 1. The smallest absolute Gasteiger partial charge is 0.340 e. The molecule has 1 fully saturated rings. The van der Waals surface area contributed by atoms with Gasteiger partial charge in [-0.3, -0.25) is 0 Å². The second-order valence-corrected chi connectivity index (χ2v) is 13.6. The maximum Gasteiger partial charge on any atom is 0.340 e. The molecule has 2 heterocycles. The van der Waals surface area contributed by atoms with Gasteiger partial charge in [-0.25, -0.2) is 4.79 Å². The van der Waals surface area contributed by atoms with Crippen LogP contribution in [0.4, 0.5) is 5.69 Å². The third kappa shape index (κ3) is 5.67. The molecule has 43 heavy (non-hydrogen) atoms. The topological polar surface area (TPSA) is 93.5 Å². The quantitative estimate of drug-likeness (QED) is 0.361. The van der Waals surface area contributed by atoms with Crippen molar-refractivity contribution in [1.82, 2.24) is 4.90 Å². The van der Waals surface area contributed by atoms with E-state index in [0.717, 1.165) is 55.7 Å². The molecule has 2 aliphatic carbocycles. The Bertz CT molecular complexity index is 1430. The van der Waals surface area contributed by atoms with Gasteiger partial charge < -0.3 is 29.9 Å². The van der Waals surface area contributed by atoms with Crippen LogP contribution in [0.1, 0.15) is 61.6 Å². The number of fused-ring (bicyclic) bond motifs is 4. The summed E-state index contributed by atoms with van der Waals surface area (Å²) in [4.78, 5) is 16.9. The van der Waals surface area contributed by atoms with Crippen LogP contribution in [0.5, 0.6) is 5.75 Å². The number of carbonyl (C=O) groups is 1. The number of carboxylic acid groups (broad SMARTS) is 1. The Labute approximate surface area is 259 Å². The fourth-order valence-corrected chi connectivity index (χ4v) is 7.83. The summed E-state index contributed by atoms with van der Waals surface area (Å²) >= 11 is 6.41. The Morgan fingerprint density at radius 1 is 1.16 bits per heavy atom. The zero-order valence-corrected chi connectivity index (χ0v) is 25.7. The van der Waals surface area contributed by atoms with Crippen molar-refractivity contribution in [2.75, 3.05) is 38.2 Å².